The minimum atomic E-state index is -4.76. The Balaban J connectivity index is 2.00. The fourth-order valence-electron chi connectivity index (χ4n) is 2.39. The Morgan fingerprint density at radius 3 is 2.23 bits per heavy atom. The van der Waals surface area contributed by atoms with Gasteiger partial charge in [0.1, 0.15) is 5.82 Å². The SMILES string of the molecule is Cc1ccc(-n2ncc(C(=O)Nc3ccc(C)cn3)c2C(F)(F)F)cc1. The van der Waals surface area contributed by atoms with E-state index in [-0.39, 0.29) is 11.5 Å². The van der Waals surface area contributed by atoms with Gasteiger partial charge in [-0.1, -0.05) is 23.8 Å². The van der Waals surface area contributed by atoms with E-state index < -0.39 is 23.3 Å². The summed E-state index contributed by atoms with van der Waals surface area (Å²) in [5, 5.41) is 6.14. The van der Waals surface area contributed by atoms with Gasteiger partial charge in [0.25, 0.3) is 5.91 Å². The zero-order valence-corrected chi connectivity index (χ0v) is 14.0. The largest absolute Gasteiger partial charge is 0.434 e. The Hall–Kier alpha value is -3.16. The summed E-state index contributed by atoms with van der Waals surface area (Å²) in [5.41, 5.74) is 0.283. The van der Waals surface area contributed by atoms with Gasteiger partial charge in [-0.05, 0) is 37.6 Å². The number of hydrogen-bond donors (Lipinski definition) is 1. The van der Waals surface area contributed by atoms with Crippen molar-refractivity contribution in [3.8, 4) is 5.69 Å². The highest BCUT2D eigenvalue weighted by atomic mass is 19.4. The second-order valence-electron chi connectivity index (χ2n) is 5.83. The van der Waals surface area contributed by atoms with Crippen LogP contribution in [0.25, 0.3) is 5.69 Å². The third-order valence-electron chi connectivity index (χ3n) is 3.71. The van der Waals surface area contributed by atoms with Crippen LogP contribution < -0.4 is 5.32 Å². The van der Waals surface area contributed by atoms with Crippen LogP contribution in [0.5, 0.6) is 0 Å². The molecule has 0 unspecified atom stereocenters. The van der Waals surface area contributed by atoms with Crippen molar-refractivity contribution in [3.05, 3.63) is 71.2 Å². The van der Waals surface area contributed by atoms with E-state index in [2.05, 4.69) is 15.4 Å². The number of amides is 1. The van der Waals surface area contributed by atoms with Crippen molar-refractivity contribution >= 4 is 11.7 Å². The van der Waals surface area contributed by atoms with E-state index in [1.807, 2.05) is 13.8 Å². The van der Waals surface area contributed by atoms with Crippen LogP contribution in [0.2, 0.25) is 0 Å². The van der Waals surface area contributed by atoms with Gasteiger partial charge in [-0.15, -0.1) is 0 Å². The highest BCUT2D eigenvalue weighted by Crippen LogP contribution is 2.34. The molecule has 1 aromatic carbocycles. The molecule has 3 aromatic rings. The quantitative estimate of drug-likeness (QED) is 0.763. The molecule has 8 heteroatoms. The Morgan fingerprint density at radius 1 is 1.00 bits per heavy atom. The van der Waals surface area contributed by atoms with Crippen molar-refractivity contribution < 1.29 is 18.0 Å². The molecule has 0 aliphatic rings. The highest BCUT2D eigenvalue weighted by molar-refractivity contribution is 6.04. The van der Waals surface area contributed by atoms with Gasteiger partial charge in [0.05, 0.1) is 17.4 Å². The lowest BCUT2D eigenvalue weighted by Gasteiger charge is -2.13. The first-order valence-electron chi connectivity index (χ1n) is 7.72. The first-order valence-corrected chi connectivity index (χ1v) is 7.72. The van der Waals surface area contributed by atoms with Crippen molar-refractivity contribution in [2.75, 3.05) is 5.32 Å². The molecular formula is C18H15F3N4O. The number of hydrogen-bond acceptors (Lipinski definition) is 3. The topological polar surface area (TPSA) is 59.8 Å². The summed E-state index contributed by atoms with van der Waals surface area (Å²) in [6.07, 6.45) is -2.34. The number of nitrogens with one attached hydrogen (secondary N) is 1. The minimum absolute atomic E-state index is 0.164. The monoisotopic (exact) mass is 360 g/mol. The van der Waals surface area contributed by atoms with E-state index in [0.29, 0.717) is 0 Å². The van der Waals surface area contributed by atoms with Crippen molar-refractivity contribution in [1.82, 2.24) is 14.8 Å². The Morgan fingerprint density at radius 2 is 1.65 bits per heavy atom. The number of pyridine rings is 1. The summed E-state index contributed by atoms with van der Waals surface area (Å²) < 4.78 is 41.5. The van der Waals surface area contributed by atoms with E-state index in [0.717, 1.165) is 22.0 Å². The van der Waals surface area contributed by atoms with Crippen LogP contribution in [0.1, 0.15) is 27.2 Å². The molecule has 0 saturated carbocycles. The number of carbonyl (C=O) groups is 1. The van der Waals surface area contributed by atoms with Crippen LogP contribution in [0, 0.1) is 13.8 Å². The molecule has 0 radical (unpaired) electrons. The molecule has 0 aliphatic heterocycles. The van der Waals surface area contributed by atoms with Crippen LogP contribution in [-0.2, 0) is 6.18 Å². The number of rotatable bonds is 3. The number of aromatic nitrogens is 3. The fraction of sp³-hybridized carbons (Fsp3) is 0.167. The maximum Gasteiger partial charge on any atom is 0.434 e. The Bertz CT molecular complexity index is 929. The van der Waals surface area contributed by atoms with Gasteiger partial charge < -0.3 is 5.32 Å². The molecule has 0 atom stereocenters. The summed E-state index contributed by atoms with van der Waals surface area (Å²) in [7, 11) is 0. The summed E-state index contributed by atoms with van der Waals surface area (Å²) in [6.45, 7) is 3.64. The average Bonchev–Trinajstić information content (AvgIpc) is 3.03. The molecule has 0 aliphatic carbocycles. The predicted octanol–water partition coefficient (Wildman–Crippen LogP) is 4.16. The Kier molecular flexibility index (Phi) is 4.50. The first kappa shape index (κ1) is 17.7. The van der Waals surface area contributed by atoms with E-state index >= 15 is 0 Å². The zero-order valence-electron chi connectivity index (χ0n) is 14.0. The second-order valence-corrected chi connectivity index (χ2v) is 5.83. The summed E-state index contributed by atoms with van der Waals surface area (Å²) >= 11 is 0. The third-order valence-corrected chi connectivity index (χ3v) is 3.71. The molecule has 0 fully saturated rings. The molecule has 3 rings (SSSR count). The smallest absolute Gasteiger partial charge is 0.306 e. The molecule has 0 bridgehead atoms. The van der Waals surface area contributed by atoms with Crippen LogP contribution >= 0.6 is 0 Å². The molecule has 2 heterocycles. The van der Waals surface area contributed by atoms with Gasteiger partial charge in [0.2, 0.25) is 0 Å². The summed E-state index contributed by atoms with van der Waals surface area (Å²) in [4.78, 5) is 16.3. The van der Waals surface area contributed by atoms with Crippen molar-refractivity contribution in [2.24, 2.45) is 0 Å². The van der Waals surface area contributed by atoms with Gasteiger partial charge >= 0.3 is 6.18 Å². The van der Waals surface area contributed by atoms with Gasteiger partial charge in [-0.2, -0.15) is 18.3 Å². The molecule has 134 valence electrons. The third kappa shape index (κ3) is 3.58. The van der Waals surface area contributed by atoms with Crippen molar-refractivity contribution in [2.45, 2.75) is 20.0 Å². The number of aryl methyl sites for hydroxylation is 2. The number of alkyl halides is 3. The number of nitrogens with zero attached hydrogens (tertiary/aromatic N) is 3. The zero-order chi connectivity index (χ0) is 18.9. The highest BCUT2D eigenvalue weighted by Gasteiger charge is 2.40. The fourth-order valence-corrected chi connectivity index (χ4v) is 2.39. The number of anilines is 1. The van der Waals surface area contributed by atoms with E-state index in [9.17, 15) is 18.0 Å². The molecule has 26 heavy (non-hydrogen) atoms. The summed E-state index contributed by atoms with van der Waals surface area (Å²) in [6, 6.07) is 9.59. The maximum absolute atomic E-state index is 13.6. The maximum atomic E-state index is 13.6. The predicted molar refractivity (Wildman–Crippen MR) is 90.2 cm³/mol. The molecular weight excluding hydrogens is 345 g/mol. The number of carbonyl (C=O) groups excluding carboxylic acids is 1. The molecule has 2 aromatic heterocycles. The van der Waals surface area contributed by atoms with E-state index in [1.54, 1.807) is 18.2 Å². The lowest BCUT2D eigenvalue weighted by Crippen LogP contribution is -2.21. The first-order chi connectivity index (χ1) is 12.3. The van der Waals surface area contributed by atoms with Gasteiger partial charge in [0, 0.05) is 6.20 Å². The molecule has 1 N–H and O–H groups in total. The molecule has 5 nitrogen and oxygen atoms in total. The minimum Gasteiger partial charge on any atom is -0.306 e. The van der Waals surface area contributed by atoms with Gasteiger partial charge in [0.15, 0.2) is 5.69 Å². The number of halogens is 3. The van der Waals surface area contributed by atoms with Crippen molar-refractivity contribution in [1.29, 1.82) is 0 Å². The van der Waals surface area contributed by atoms with Crippen LogP contribution in [0.4, 0.5) is 19.0 Å². The van der Waals surface area contributed by atoms with Crippen LogP contribution in [0.3, 0.4) is 0 Å². The lowest BCUT2D eigenvalue weighted by atomic mass is 10.2. The van der Waals surface area contributed by atoms with Gasteiger partial charge in [-0.3, -0.25) is 4.79 Å². The summed E-state index contributed by atoms with van der Waals surface area (Å²) in [5.74, 6) is -0.760. The average molecular weight is 360 g/mol. The van der Waals surface area contributed by atoms with Crippen molar-refractivity contribution in [3.63, 3.8) is 0 Å². The van der Waals surface area contributed by atoms with Gasteiger partial charge in [-0.25, -0.2) is 9.67 Å². The Labute approximate surface area is 147 Å². The van der Waals surface area contributed by atoms with E-state index in [1.165, 1.54) is 24.4 Å². The number of benzene rings is 1. The molecule has 1 amide bonds. The lowest BCUT2D eigenvalue weighted by molar-refractivity contribution is -0.143. The van der Waals surface area contributed by atoms with E-state index in [4.69, 9.17) is 0 Å². The molecule has 0 saturated heterocycles. The standard InChI is InChI=1S/C18H15F3N4O/c1-11-3-6-13(7-4-11)25-16(18(19,20)21)14(10-23-25)17(26)24-15-8-5-12(2)9-22-15/h3-10H,1-2H3,(H,22,24,26). The molecule has 0 spiro atoms. The normalized spacial score (nSPS) is 11.4. The second kappa shape index (κ2) is 6.62. The van der Waals surface area contributed by atoms with Crippen LogP contribution in [-0.4, -0.2) is 20.7 Å². The van der Waals surface area contributed by atoms with Crippen LogP contribution in [0.15, 0.2) is 48.8 Å².